The van der Waals surface area contributed by atoms with Gasteiger partial charge in [0.05, 0.1) is 26.2 Å². The fraction of sp³-hybridized carbons (Fsp3) is 0.278. The van der Waals surface area contributed by atoms with E-state index in [1.165, 1.54) is 5.56 Å². The molecule has 22 heavy (non-hydrogen) atoms. The highest BCUT2D eigenvalue weighted by molar-refractivity contribution is 9.10. The van der Waals surface area contributed by atoms with Gasteiger partial charge in [-0.25, -0.2) is 0 Å². The third-order valence-electron chi connectivity index (χ3n) is 4.15. The van der Waals surface area contributed by atoms with Gasteiger partial charge in [-0.05, 0) is 12.1 Å². The molecule has 0 amide bonds. The topological polar surface area (TPSA) is 7.68 Å². The Balaban J connectivity index is 1.55. The highest BCUT2D eigenvalue weighted by Gasteiger charge is 2.22. The van der Waals surface area contributed by atoms with Crippen molar-refractivity contribution in [2.24, 2.45) is 0 Å². The standard InChI is InChI=1S/C18H19BrN2S/c19-17-8-6-16(7-9-17)18(22)21-12-10-20(11-13-21)14-15-4-2-1-3-5-15/h1-9H,10-14H2/p+1. The van der Waals surface area contributed by atoms with Crippen LogP contribution in [-0.2, 0) is 6.54 Å². The Hall–Kier alpha value is -1.23. The number of piperazine rings is 1. The molecule has 1 saturated heterocycles. The van der Waals surface area contributed by atoms with Gasteiger partial charge in [-0.1, -0.05) is 70.6 Å². The minimum Gasteiger partial charge on any atom is -0.351 e. The van der Waals surface area contributed by atoms with Crippen LogP contribution >= 0.6 is 28.1 Å². The molecule has 2 nitrogen and oxygen atoms in total. The Kier molecular flexibility index (Phi) is 5.24. The number of quaternary nitrogens is 1. The molecule has 1 fully saturated rings. The molecule has 0 unspecified atom stereocenters. The second-order valence-corrected chi connectivity index (χ2v) is 7.01. The molecular formula is C18H20BrN2S+. The van der Waals surface area contributed by atoms with Crippen LogP contribution < -0.4 is 4.90 Å². The lowest BCUT2D eigenvalue weighted by molar-refractivity contribution is -0.917. The van der Waals surface area contributed by atoms with E-state index in [4.69, 9.17) is 12.2 Å². The average Bonchev–Trinajstić information content (AvgIpc) is 2.57. The Morgan fingerprint density at radius 2 is 1.64 bits per heavy atom. The first kappa shape index (κ1) is 15.7. The van der Waals surface area contributed by atoms with Crippen molar-refractivity contribution >= 4 is 33.1 Å². The molecule has 1 heterocycles. The number of rotatable bonds is 3. The normalized spacial score (nSPS) is 15.8. The lowest BCUT2D eigenvalue weighted by Crippen LogP contribution is -3.13. The third kappa shape index (κ3) is 3.94. The molecule has 0 spiro atoms. The van der Waals surface area contributed by atoms with Crippen molar-refractivity contribution in [3.63, 3.8) is 0 Å². The van der Waals surface area contributed by atoms with Crippen molar-refractivity contribution in [3.05, 3.63) is 70.2 Å². The van der Waals surface area contributed by atoms with Crippen LogP contribution in [0.2, 0.25) is 0 Å². The minimum atomic E-state index is 0.978. The molecule has 4 heteroatoms. The molecule has 0 radical (unpaired) electrons. The van der Waals surface area contributed by atoms with E-state index in [1.807, 2.05) is 0 Å². The largest absolute Gasteiger partial charge is 0.351 e. The van der Waals surface area contributed by atoms with E-state index < -0.39 is 0 Å². The van der Waals surface area contributed by atoms with Crippen LogP contribution in [0.1, 0.15) is 11.1 Å². The maximum atomic E-state index is 5.65. The predicted molar refractivity (Wildman–Crippen MR) is 98.3 cm³/mol. The van der Waals surface area contributed by atoms with E-state index in [2.05, 4.69) is 75.4 Å². The van der Waals surface area contributed by atoms with Gasteiger partial charge in [0.1, 0.15) is 11.5 Å². The fourth-order valence-electron chi connectivity index (χ4n) is 2.86. The summed E-state index contributed by atoms with van der Waals surface area (Å²) in [5.41, 5.74) is 2.56. The number of nitrogens with one attached hydrogen (secondary N) is 1. The van der Waals surface area contributed by atoms with Crippen molar-refractivity contribution in [2.45, 2.75) is 6.54 Å². The van der Waals surface area contributed by atoms with E-state index in [1.54, 1.807) is 4.90 Å². The molecule has 2 aromatic carbocycles. The number of halogens is 1. The second-order valence-electron chi connectivity index (χ2n) is 5.71. The third-order valence-corrected chi connectivity index (χ3v) is 5.17. The number of thiocarbonyl (C=S) groups is 1. The van der Waals surface area contributed by atoms with E-state index >= 15 is 0 Å². The van der Waals surface area contributed by atoms with Crippen LogP contribution in [0.4, 0.5) is 0 Å². The average molecular weight is 376 g/mol. The first-order valence-electron chi connectivity index (χ1n) is 7.65. The first-order valence-corrected chi connectivity index (χ1v) is 8.85. The molecule has 0 aliphatic carbocycles. The molecule has 0 aromatic heterocycles. The van der Waals surface area contributed by atoms with Gasteiger partial charge in [-0.2, -0.15) is 0 Å². The van der Waals surface area contributed by atoms with Crippen LogP contribution in [0.5, 0.6) is 0 Å². The quantitative estimate of drug-likeness (QED) is 0.824. The maximum absolute atomic E-state index is 5.65. The van der Waals surface area contributed by atoms with Crippen molar-refractivity contribution in [1.29, 1.82) is 0 Å². The van der Waals surface area contributed by atoms with Gasteiger partial charge in [0.25, 0.3) is 0 Å². The number of hydrogen-bond donors (Lipinski definition) is 1. The fourth-order valence-corrected chi connectivity index (χ4v) is 3.45. The Morgan fingerprint density at radius 1 is 1.00 bits per heavy atom. The molecule has 3 rings (SSSR count). The molecule has 1 aliphatic heterocycles. The monoisotopic (exact) mass is 375 g/mol. The summed E-state index contributed by atoms with van der Waals surface area (Å²) < 4.78 is 1.09. The predicted octanol–water partition coefficient (Wildman–Crippen LogP) is 2.53. The molecule has 0 saturated carbocycles. The Bertz CT molecular complexity index is 619. The van der Waals surface area contributed by atoms with Gasteiger partial charge >= 0.3 is 0 Å². The van der Waals surface area contributed by atoms with E-state index in [0.29, 0.717) is 0 Å². The van der Waals surface area contributed by atoms with Gasteiger partial charge in [-0.15, -0.1) is 0 Å². The molecular weight excluding hydrogens is 356 g/mol. The number of benzene rings is 2. The summed E-state index contributed by atoms with van der Waals surface area (Å²) in [6, 6.07) is 19.0. The van der Waals surface area contributed by atoms with Gasteiger partial charge in [0, 0.05) is 15.6 Å². The lowest BCUT2D eigenvalue weighted by atomic mass is 10.1. The smallest absolute Gasteiger partial charge is 0.109 e. The lowest BCUT2D eigenvalue weighted by Gasteiger charge is -2.34. The van der Waals surface area contributed by atoms with Crippen molar-refractivity contribution in [2.75, 3.05) is 26.2 Å². The molecule has 2 aromatic rings. The van der Waals surface area contributed by atoms with Crippen molar-refractivity contribution in [1.82, 2.24) is 4.90 Å². The zero-order valence-corrected chi connectivity index (χ0v) is 14.9. The summed E-state index contributed by atoms with van der Waals surface area (Å²) in [6.45, 7) is 5.48. The summed E-state index contributed by atoms with van der Waals surface area (Å²) in [4.78, 5) is 4.96. The second kappa shape index (κ2) is 7.36. The van der Waals surface area contributed by atoms with E-state index in [-0.39, 0.29) is 0 Å². The van der Waals surface area contributed by atoms with E-state index in [0.717, 1.165) is 47.7 Å². The van der Waals surface area contributed by atoms with Gasteiger partial charge in [0.15, 0.2) is 0 Å². The summed E-state index contributed by atoms with van der Waals surface area (Å²) in [6.07, 6.45) is 0. The van der Waals surface area contributed by atoms with Gasteiger partial charge in [0.2, 0.25) is 0 Å². The summed E-state index contributed by atoms with van der Waals surface area (Å²) in [5.74, 6) is 0. The molecule has 1 N–H and O–H groups in total. The zero-order chi connectivity index (χ0) is 15.4. The first-order chi connectivity index (χ1) is 10.7. The molecule has 114 valence electrons. The summed E-state index contributed by atoms with van der Waals surface area (Å²) in [5, 5.41) is 0. The Labute approximate surface area is 145 Å². The summed E-state index contributed by atoms with van der Waals surface area (Å²) >= 11 is 9.12. The van der Waals surface area contributed by atoms with E-state index in [9.17, 15) is 0 Å². The number of hydrogen-bond acceptors (Lipinski definition) is 1. The summed E-state index contributed by atoms with van der Waals surface area (Å²) in [7, 11) is 0. The molecule has 1 aliphatic rings. The minimum absolute atomic E-state index is 0.978. The van der Waals surface area contributed by atoms with Crippen LogP contribution in [0.25, 0.3) is 0 Å². The van der Waals surface area contributed by atoms with Gasteiger partial charge in [-0.3, -0.25) is 0 Å². The van der Waals surface area contributed by atoms with Gasteiger partial charge < -0.3 is 9.80 Å². The SMILES string of the molecule is S=C(c1ccc(Br)cc1)N1CC[NH+](Cc2ccccc2)CC1. The van der Waals surface area contributed by atoms with Crippen LogP contribution in [0.3, 0.4) is 0 Å². The highest BCUT2D eigenvalue weighted by atomic mass is 79.9. The van der Waals surface area contributed by atoms with Crippen LogP contribution in [0, 0.1) is 0 Å². The molecule has 0 bridgehead atoms. The highest BCUT2D eigenvalue weighted by Crippen LogP contribution is 2.13. The van der Waals surface area contributed by atoms with Crippen molar-refractivity contribution in [3.8, 4) is 0 Å². The molecule has 0 atom stereocenters. The van der Waals surface area contributed by atoms with Crippen molar-refractivity contribution < 1.29 is 4.90 Å². The zero-order valence-electron chi connectivity index (χ0n) is 12.5. The van der Waals surface area contributed by atoms with Crippen LogP contribution in [0.15, 0.2) is 59.1 Å². The Morgan fingerprint density at radius 3 is 2.27 bits per heavy atom. The number of nitrogens with zero attached hydrogens (tertiary/aromatic N) is 1. The van der Waals surface area contributed by atoms with Crippen LogP contribution in [-0.4, -0.2) is 36.1 Å². The maximum Gasteiger partial charge on any atom is 0.109 e.